The number of hydrogen-bond donors (Lipinski definition) is 1. The molecule has 1 aliphatic rings. The summed E-state index contributed by atoms with van der Waals surface area (Å²) < 4.78 is 14.7. The second kappa shape index (κ2) is 4.33. The lowest BCUT2D eigenvalue weighted by Gasteiger charge is -2.09. The van der Waals surface area contributed by atoms with Gasteiger partial charge in [0, 0.05) is 29.9 Å². The highest BCUT2D eigenvalue weighted by Crippen LogP contribution is 2.47. The third-order valence-electron chi connectivity index (χ3n) is 3.81. The number of aryl methyl sites for hydroxylation is 1. The highest BCUT2D eigenvalue weighted by atomic mass is 19.1. The Morgan fingerprint density at radius 3 is 2.89 bits per heavy atom. The summed E-state index contributed by atoms with van der Waals surface area (Å²) in [5, 5.41) is 4.33. The van der Waals surface area contributed by atoms with Crippen molar-refractivity contribution in [2.75, 3.05) is 12.4 Å². The minimum Gasteiger partial charge on any atom is -0.384 e. The van der Waals surface area contributed by atoms with E-state index in [0.29, 0.717) is 12.4 Å². The van der Waals surface area contributed by atoms with E-state index in [9.17, 15) is 4.39 Å². The normalized spacial score (nSPS) is 16.5. The summed E-state index contributed by atoms with van der Waals surface area (Å²) in [6, 6.07) is 1.85. The lowest BCUT2D eigenvalue weighted by molar-refractivity contribution is 0.294. The zero-order valence-electron chi connectivity index (χ0n) is 10.9. The number of aromatic nitrogens is 3. The zero-order valence-corrected chi connectivity index (χ0v) is 10.9. The van der Waals surface area contributed by atoms with Crippen LogP contribution in [0.15, 0.2) is 24.7 Å². The molecule has 3 rings (SSSR count). The van der Waals surface area contributed by atoms with Crippen LogP contribution in [0.4, 0.5) is 10.2 Å². The Bertz CT molecular complexity index is 601. The molecule has 2 heterocycles. The minimum absolute atomic E-state index is 0.157. The number of rotatable bonds is 4. The Labute approximate surface area is 111 Å². The van der Waals surface area contributed by atoms with Crippen LogP contribution < -0.4 is 5.73 Å². The van der Waals surface area contributed by atoms with Crippen molar-refractivity contribution in [3.63, 3.8) is 0 Å². The molecule has 100 valence electrons. The van der Waals surface area contributed by atoms with Gasteiger partial charge in [0.15, 0.2) is 0 Å². The van der Waals surface area contributed by atoms with Gasteiger partial charge in [0.2, 0.25) is 0 Å². The molecule has 19 heavy (non-hydrogen) atoms. The third-order valence-corrected chi connectivity index (χ3v) is 3.81. The van der Waals surface area contributed by atoms with Crippen molar-refractivity contribution in [2.24, 2.45) is 5.41 Å². The van der Waals surface area contributed by atoms with E-state index in [1.807, 2.05) is 23.9 Å². The monoisotopic (exact) mass is 260 g/mol. The van der Waals surface area contributed by atoms with Gasteiger partial charge in [-0.2, -0.15) is 5.10 Å². The number of nitrogen functional groups attached to an aromatic ring is 1. The lowest BCUT2D eigenvalue weighted by atomic mass is 10.1. The second-order valence-corrected chi connectivity index (χ2v) is 5.48. The van der Waals surface area contributed by atoms with Crippen LogP contribution in [-0.2, 0) is 6.54 Å². The average molecular weight is 260 g/mol. The van der Waals surface area contributed by atoms with Crippen LogP contribution in [0.25, 0.3) is 11.1 Å². The number of pyridine rings is 1. The van der Waals surface area contributed by atoms with Crippen LogP contribution >= 0.6 is 0 Å². The molecule has 0 amide bonds. The van der Waals surface area contributed by atoms with E-state index in [0.717, 1.165) is 29.5 Å². The number of anilines is 1. The predicted octanol–water partition coefficient (Wildman–Crippen LogP) is 2.59. The van der Waals surface area contributed by atoms with Crippen LogP contribution in [0.5, 0.6) is 0 Å². The van der Waals surface area contributed by atoms with E-state index in [1.54, 1.807) is 12.4 Å². The van der Waals surface area contributed by atoms with Gasteiger partial charge >= 0.3 is 0 Å². The van der Waals surface area contributed by atoms with Crippen LogP contribution in [0.2, 0.25) is 0 Å². The van der Waals surface area contributed by atoms with E-state index in [4.69, 9.17) is 5.73 Å². The van der Waals surface area contributed by atoms with Crippen LogP contribution in [-0.4, -0.2) is 21.4 Å². The summed E-state index contributed by atoms with van der Waals surface area (Å²) >= 11 is 0. The maximum absolute atomic E-state index is 12.9. The molecule has 4 nitrogen and oxygen atoms in total. The van der Waals surface area contributed by atoms with Crippen molar-refractivity contribution in [1.29, 1.82) is 0 Å². The molecule has 1 saturated carbocycles. The van der Waals surface area contributed by atoms with Crippen molar-refractivity contribution in [2.45, 2.75) is 26.3 Å². The zero-order chi connectivity index (χ0) is 13.5. The molecular formula is C14H17FN4. The Morgan fingerprint density at radius 1 is 1.42 bits per heavy atom. The number of nitrogens with zero attached hydrogens (tertiary/aromatic N) is 3. The molecule has 0 spiro atoms. The molecule has 1 fully saturated rings. The van der Waals surface area contributed by atoms with Crippen LogP contribution in [0, 0.1) is 12.3 Å². The highest BCUT2D eigenvalue weighted by Gasteiger charge is 2.43. The number of alkyl halides is 1. The minimum atomic E-state index is -0.260. The highest BCUT2D eigenvalue weighted by molar-refractivity contribution is 5.67. The fraction of sp³-hybridized carbons (Fsp3) is 0.429. The van der Waals surface area contributed by atoms with Crippen LogP contribution in [0.3, 0.4) is 0 Å². The summed E-state index contributed by atoms with van der Waals surface area (Å²) in [7, 11) is 0. The smallest absolute Gasteiger partial charge is 0.123 e. The van der Waals surface area contributed by atoms with Crippen molar-refractivity contribution in [1.82, 2.24) is 14.8 Å². The molecule has 2 aromatic heterocycles. The van der Waals surface area contributed by atoms with Crippen LogP contribution in [0.1, 0.15) is 18.4 Å². The standard InChI is InChI=1S/C14H17FN4/c1-10-5-17-13(16)4-12(10)11-6-18-19(7-11)9-14(8-15)2-3-14/h4-7H,2-3,8-9H2,1H3,(H2,16,17). The lowest BCUT2D eigenvalue weighted by Crippen LogP contribution is -2.13. The summed E-state index contributed by atoms with van der Waals surface area (Å²) in [4.78, 5) is 4.06. The summed E-state index contributed by atoms with van der Waals surface area (Å²) in [5.41, 5.74) is 8.65. The van der Waals surface area contributed by atoms with Gasteiger partial charge in [0.25, 0.3) is 0 Å². The molecule has 0 atom stereocenters. The topological polar surface area (TPSA) is 56.7 Å². The Morgan fingerprint density at radius 2 is 2.21 bits per heavy atom. The van der Waals surface area contributed by atoms with E-state index < -0.39 is 0 Å². The van der Waals surface area contributed by atoms with Gasteiger partial charge in [0.05, 0.1) is 12.9 Å². The Balaban J connectivity index is 1.86. The van der Waals surface area contributed by atoms with E-state index >= 15 is 0 Å². The molecule has 1 aliphatic carbocycles. The van der Waals surface area contributed by atoms with Gasteiger partial charge in [-0.05, 0) is 37.0 Å². The van der Waals surface area contributed by atoms with Gasteiger partial charge in [-0.25, -0.2) is 4.98 Å². The fourth-order valence-electron chi connectivity index (χ4n) is 2.29. The third kappa shape index (κ3) is 2.32. The number of halogens is 1. The first-order valence-electron chi connectivity index (χ1n) is 6.43. The largest absolute Gasteiger partial charge is 0.384 e. The second-order valence-electron chi connectivity index (χ2n) is 5.48. The van der Waals surface area contributed by atoms with E-state index in [2.05, 4.69) is 10.1 Å². The van der Waals surface area contributed by atoms with E-state index in [-0.39, 0.29) is 12.1 Å². The first-order chi connectivity index (χ1) is 9.12. The Hall–Kier alpha value is -1.91. The first-order valence-corrected chi connectivity index (χ1v) is 6.43. The van der Waals surface area contributed by atoms with Crippen molar-refractivity contribution in [3.8, 4) is 11.1 Å². The summed E-state index contributed by atoms with van der Waals surface area (Å²) in [5.74, 6) is 0.496. The summed E-state index contributed by atoms with van der Waals surface area (Å²) in [6.07, 6.45) is 7.43. The molecule has 0 unspecified atom stereocenters. The maximum atomic E-state index is 12.9. The van der Waals surface area contributed by atoms with Crippen molar-refractivity contribution < 1.29 is 4.39 Å². The van der Waals surface area contributed by atoms with Gasteiger partial charge in [-0.3, -0.25) is 9.07 Å². The quantitative estimate of drug-likeness (QED) is 0.919. The number of hydrogen-bond acceptors (Lipinski definition) is 3. The van der Waals surface area contributed by atoms with E-state index in [1.165, 1.54) is 0 Å². The molecule has 0 saturated heterocycles. The predicted molar refractivity (Wildman–Crippen MR) is 72.2 cm³/mol. The molecule has 0 aliphatic heterocycles. The van der Waals surface area contributed by atoms with Gasteiger partial charge in [-0.1, -0.05) is 0 Å². The van der Waals surface area contributed by atoms with Crippen molar-refractivity contribution in [3.05, 3.63) is 30.2 Å². The fourth-order valence-corrected chi connectivity index (χ4v) is 2.29. The van der Waals surface area contributed by atoms with Gasteiger partial charge < -0.3 is 5.73 Å². The molecule has 2 N–H and O–H groups in total. The Kier molecular flexibility index (Phi) is 2.77. The molecule has 5 heteroatoms. The van der Waals surface area contributed by atoms with Crippen molar-refractivity contribution >= 4 is 5.82 Å². The molecule has 0 radical (unpaired) electrons. The average Bonchev–Trinajstić information content (AvgIpc) is 3.02. The maximum Gasteiger partial charge on any atom is 0.123 e. The molecular weight excluding hydrogens is 243 g/mol. The van der Waals surface area contributed by atoms with Gasteiger partial charge in [0.1, 0.15) is 5.82 Å². The van der Waals surface area contributed by atoms with Gasteiger partial charge in [-0.15, -0.1) is 0 Å². The molecule has 2 aromatic rings. The number of nitrogens with two attached hydrogens (primary N) is 1. The SMILES string of the molecule is Cc1cnc(N)cc1-c1cnn(CC2(CF)CC2)c1. The molecule has 0 aromatic carbocycles. The summed E-state index contributed by atoms with van der Waals surface area (Å²) in [6.45, 7) is 2.38. The first kappa shape index (κ1) is 12.1. The molecule has 0 bridgehead atoms.